The molecule has 102 valence electrons. The fourth-order valence-electron chi connectivity index (χ4n) is 1.63. The van der Waals surface area contributed by atoms with E-state index in [4.69, 9.17) is 16.7 Å². The fourth-order valence-corrected chi connectivity index (χ4v) is 1.85. The number of rotatable bonds is 3. The lowest BCUT2D eigenvalue weighted by atomic mass is 10.1. The zero-order valence-electron chi connectivity index (χ0n) is 10.1. The lowest BCUT2D eigenvalue weighted by molar-refractivity contribution is 0.0693. The number of hydrogen-bond acceptors (Lipinski definition) is 3. The van der Waals surface area contributed by atoms with Crippen molar-refractivity contribution in [3.63, 3.8) is 0 Å². The number of carbonyl (C=O) groups is 2. The van der Waals surface area contributed by atoms with Crippen molar-refractivity contribution >= 4 is 29.2 Å². The Balaban J connectivity index is 2.27. The average molecular weight is 292 g/mol. The maximum Gasteiger partial charge on any atom is 0.339 e. The molecular weight excluding hydrogens is 282 g/mol. The molecule has 0 aliphatic carbocycles. The second-order valence-corrected chi connectivity index (χ2v) is 4.38. The molecule has 0 radical (unpaired) electrons. The second-order valence-electron chi connectivity index (χ2n) is 3.97. The van der Waals surface area contributed by atoms with Crippen molar-refractivity contribution in [2.75, 3.05) is 5.32 Å². The first-order chi connectivity index (χ1) is 9.49. The minimum atomic E-state index is -1.28. The first-order valence-corrected chi connectivity index (χ1v) is 5.99. The topological polar surface area (TPSA) is 86.6 Å². The monoisotopic (exact) mass is 291 g/mol. The third-order valence-corrected chi connectivity index (χ3v) is 2.93. The van der Waals surface area contributed by atoms with Crippen molar-refractivity contribution in [3.05, 3.63) is 58.6 Å². The molecule has 2 rings (SSSR count). The summed E-state index contributed by atoms with van der Waals surface area (Å²) in [4.78, 5) is 22.9. The van der Waals surface area contributed by atoms with Crippen LogP contribution in [0.5, 0.6) is 5.75 Å². The number of hydrogen-bond donors (Lipinski definition) is 3. The number of halogens is 1. The van der Waals surface area contributed by atoms with Gasteiger partial charge in [-0.25, -0.2) is 4.79 Å². The molecule has 0 aromatic heterocycles. The molecule has 0 aliphatic heterocycles. The standard InChI is InChI=1S/C14H10ClNO4/c15-11-4-2-1-3-9(11)13(18)16-8-5-6-12(17)10(7-8)14(19)20/h1-7,17H,(H,16,18)(H,19,20). The SMILES string of the molecule is O=C(O)c1cc(NC(=O)c2ccccc2Cl)ccc1O. The molecule has 1 amide bonds. The number of aromatic hydroxyl groups is 1. The van der Waals surface area contributed by atoms with E-state index >= 15 is 0 Å². The van der Waals surface area contributed by atoms with Gasteiger partial charge in [0.2, 0.25) is 0 Å². The van der Waals surface area contributed by atoms with Gasteiger partial charge < -0.3 is 15.5 Å². The summed E-state index contributed by atoms with van der Waals surface area (Å²) < 4.78 is 0. The molecule has 0 unspecified atom stereocenters. The molecule has 2 aromatic carbocycles. The zero-order valence-corrected chi connectivity index (χ0v) is 10.9. The van der Waals surface area contributed by atoms with E-state index in [1.54, 1.807) is 24.3 Å². The van der Waals surface area contributed by atoms with Crippen LogP contribution >= 0.6 is 11.6 Å². The van der Waals surface area contributed by atoms with Crippen LogP contribution in [-0.2, 0) is 0 Å². The summed E-state index contributed by atoms with van der Waals surface area (Å²) in [6.45, 7) is 0. The Morgan fingerprint density at radius 3 is 2.40 bits per heavy atom. The van der Waals surface area contributed by atoms with Crippen molar-refractivity contribution in [2.45, 2.75) is 0 Å². The van der Waals surface area contributed by atoms with Gasteiger partial charge in [0.15, 0.2) is 0 Å². The van der Waals surface area contributed by atoms with Crippen LogP contribution in [0.2, 0.25) is 5.02 Å². The number of phenols is 1. The molecule has 0 spiro atoms. The number of carbonyl (C=O) groups excluding carboxylic acids is 1. The smallest absolute Gasteiger partial charge is 0.339 e. The van der Waals surface area contributed by atoms with Gasteiger partial charge in [-0.15, -0.1) is 0 Å². The van der Waals surface area contributed by atoms with Crippen LogP contribution in [0.15, 0.2) is 42.5 Å². The van der Waals surface area contributed by atoms with Gasteiger partial charge in [0.05, 0.1) is 10.6 Å². The minimum Gasteiger partial charge on any atom is -0.507 e. The Morgan fingerprint density at radius 1 is 1.05 bits per heavy atom. The van der Waals surface area contributed by atoms with Crippen LogP contribution in [0.1, 0.15) is 20.7 Å². The average Bonchev–Trinajstić information content (AvgIpc) is 2.41. The Morgan fingerprint density at radius 2 is 1.75 bits per heavy atom. The normalized spacial score (nSPS) is 10.1. The summed E-state index contributed by atoms with van der Waals surface area (Å²) in [6.07, 6.45) is 0. The predicted octanol–water partition coefficient (Wildman–Crippen LogP) is 3.00. The highest BCUT2D eigenvalue weighted by Crippen LogP contribution is 2.23. The number of nitrogens with one attached hydrogen (secondary N) is 1. The van der Waals surface area contributed by atoms with Crippen LogP contribution in [0.25, 0.3) is 0 Å². The molecule has 0 bridgehead atoms. The van der Waals surface area contributed by atoms with E-state index in [9.17, 15) is 14.7 Å². The molecule has 0 fully saturated rings. The van der Waals surface area contributed by atoms with E-state index in [0.717, 1.165) is 0 Å². The molecule has 0 atom stereocenters. The van der Waals surface area contributed by atoms with Gasteiger partial charge in [-0.1, -0.05) is 23.7 Å². The van der Waals surface area contributed by atoms with Gasteiger partial charge >= 0.3 is 5.97 Å². The third-order valence-electron chi connectivity index (χ3n) is 2.60. The summed E-state index contributed by atoms with van der Waals surface area (Å²) in [5.74, 6) is -2.11. The minimum absolute atomic E-state index is 0.255. The number of benzene rings is 2. The fraction of sp³-hybridized carbons (Fsp3) is 0. The molecular formula is C14H10ClNO4. The highest BCUT2D eigenvalue weighted by Gasteiger charge is 2.13. The van der Waals surface area contributed by atoms with Gasteiger partial charge in [0, 0.05) is 5.69 Å². The maximum atomic E-state index is 12.0. The molecule has 3 N–H and O–H groups in total. The van der Waals surface area contributed by atoms with Crippen LogP contribution in [0, 0.1) is 0 Å². The largest absolute Gasteiger partial charge is 0.507 e. The summed E-state index contributed by atoms with van der Waals surface area (Å²) in [7, 11) is 0. The van der Waals surface area contributed by atoms with Crippen molar-refractivity contribution in [1.82, 2.24) is 0 Å². The number of carboxylic acid groups (broad SMARTS) is 1. The Hall–Kier alpha value is -2.53. The highest BCUT2D eigenvalue weighted by molar-refractivity contribution is 6.34. The number of amides is 1. The van der Waals surface area contributed by atoms with Crippen molar-refractivity contribution in [3.8, 4) is 5.75 Å². The first-order valence-electron chi connectivity index (χ1n) is 5.61. The second kappa shape index (κ2) is 5.63. The Labute approximate surface area is 119 Å². The third kappa shape index (κ3) is 2.89. The Kier molecular flexibility index (Phi) is 3.91. The van der Waals surface area contributed by atoms with E-state index in [2.05, 4.69) is 5.32 Å². The summed E-state index contributed by atoms with van der Waals surface area (Å²) in [6, 6.07) is 10.3. The lowest BCUT2D eigenvalue weighted by Gasteiger charge is -2.08. The molecule has 6 heteroatoms. The van der Waals surface area contributed by atoms with Crippen molar-refractivity contribution in [2.24, 2.45) is 0 Å². The molecule has 0 aliphatic rings. The highest BCUT2D eigenvalue weighted by atomic mass is 35.5. The quantitative estimate of drug-likeness (QED) is 0.759. The van der Waals surface area contributed by atoms with E-state index in [-0.39, 0.29) is 22.6 Å². The van der Waals surface area contributed by atoms with E-state index in [0.29, 0.717) is 5.02 Å². The van der Waals surface area contributed by atoms with Gasteiger partial charge in [0.25, 0.3) is 5.91 Å². The zero-order chi connectivity index (χ0) is 14.7. The molecule has 0 saturated carbocycles. The van der Waals surface area contributed by atoms with E-state index < -0.39 is 11.9 Å². The van der Waals surface area contributed by atoms with Gasteiger partial charge in [-0.3, -0.25) is 4.79 Å². The molecule has 0 heterocycles. The first kappa shape index (κ1) is 13.9. The molecule has 5 nitrogen and oxygen atoms in total. The van der Waals surface area contributed by atoms with Crippen LogP contribution in [-0.4, -0.2) is 22.1 Å². The molecule has 0 saturated heterocycles. The van der Waals surface area contributed by atoms with Gasteiger partial charge in [-0.05, 0) is 30.3 Å². The molecule has 2 aromatic rings. The molecule has 20 heavy (non-hydrogen) atoms. The summed E-state index contributed by atoms with van der Waals surface area (Å²) in [5, 5.41) is 21.1. The predicted molar refractivity (Wildman–Crippen MR) is 74.5 cm³/mol. The van der Waals surface area contributed by atoms with Gasteiger partial charge in [-0.2, -0.15) is 0 Å². The van der Waals surface area contributed by atoms with Crippen LogP contribution < -0.4 is 5.32 Å². The van der Waals surface area contributed by atoms with E-state index in [1.165, 1.54) is 18.2 Å². The maximum absolute atomic E-state index is 12.0. The number of aromatic carboxylic acids is 1. The van der Waals surface area contributed by atoms with Crippen molar-refractivity contribution in [1.29, 1.82) is 0 Å². The van der Waals surface area contributed by atoms with Crippen molar-refractivity contribution < 1.29 is 19.8 Å². The van der Waals surface area contributed by atoms with Crippen LogP contribution in [0.3, 0.4) is 0 Å². The summed E-state index contributed by atoms with van der Waals surface area (Å²) >= 11 is 5.90. The van der Waals surface area contributed by atoms with Gasteiger partial charge in [0.1, 0.15) is 11.3 Å². The van der Waals surface area contributed by atoms with Crippen LogP contribution in [0.4, 0.5) is 5.69 Å². The lowest BCUT2D eigenvalue weighted by Crippen LogP contribution is -2.13. The Bertz CT molecular complexity index is 685. The summed E-state index contributed by atoms with van der Waals surface area (Å²) in [5.41, 5.74) is 0.242. The van der Waals surface area contributed by atoms with E-state index in [1.807, 2.05) is 0 Å². The number of anilines is 1. The number of carboxylic acids is 1.